The molecule has 5 nitrogen and oxygen atoms in total. The molecular formula is C19H26N2O3. The molecule has 1 aromatic rings. The van der Waals surface area contributed by atoms with E-state index in [0.29, 0.717) is 13.1 Å². The fourth-order valence-corrected chi connectivity index (χ4v) is 3.43. The molecule has 0 saturated carbocycles. The van der Waals surface area contributed by atoms with E-state index in [4.69, 9.17) is 4.74 Å². The van der Waals surface area contributed by atoms with Crippen LogP contribution in [0.1, 0.15) is 38.2 Å². The van der Waals surface area contributed by atoms with Crippen molar-refractivity contribution in [2.24, 2.45) is 5.92 Å². The van der Waals surface area contributed by atoms with E-state index < -0.39 is 0 Å². The predicted octanol–water partition coefficient (Wildman–Crippen LogP) is 2.29. The molecule has 0 spiro atoms. The van der Waals surface area contributed by atoms with Crippen LogP contribution in [0, 0.1) is 5.92 Å². The third-order valence-corrected chi connectivity index (χ3v) is 4.81. The number of hydrogen-bond donors (Lipinski definition) is 1. The molecule has 2 unspecified atom stereocenters. The maximum atomic E-state index is 12.3. The number of aryl methyl sites for hydroxylation is 1. The smallest absolute Gasteiger partial charge is 0.227 e. The number of anilines is 1. The molecule has 130 valence electrons. The summed E-state index contributed by atoms with van der Waals surface area (Å²) in [7, 11) is 0. The first kappa shape index (κ1) is 17.0. The number of nitrogens with zero attached hydrogens (tertiary/aromatic N) is 1. The van der Waals surface area contributed by atoms with Gasteiger partial charge < -0.3 is 15.0 Å². The van der Waals surface area contributed by atoms with E-state index in [1.165, 1.54) is 5.56 Å². The van der Waals surface area contributed by atoms with E-state index in [1.807, 2.05) is 12.1 Å². The van der Waals surface area contributed by atoms with Crippen LogP contribution in [0.5, 0.6) is 0 Å². The first-order valence-electron chi connectivity index (χ1n) is 8.96. The minimum Gasteiger partial charge on any atom is -0.376 e. The number of ether oxygens (including phenoxy) is 1. The summed E-state index contributed by atoms with van der Waals surface area (Å²) < 4.78 is 5.52. The van der Waals surface area contributed by atoms with Gasteiger partial charge in [0.15, 0.2) is 0 Å². The minimum atomic E-state index is -0.269. The normalized spacial score (nSPS) is 23.7. The van der Waals surface area contributed by atoms with Crippen molar-refractivity contribution in [3.05, 3.63) is 29.8 Å². The maximum Gasteiger partial charge on any atom is 0.227 e. The SMILES string of the molecule is CCCc1ccc(N2CC(C(=O)NCC3CCCO3)CC2=O)cc1. The Morgan fingerprint density at radius 1 is 1.33 bits per heavy atom. The first-order chi connectivity index (χ1) is 11.7. The number of nitrogens with one attached hydrogen (secondary N) is 1. The molecule has 0 bridgehead atoms. The van der Waals surface area contributed by atoms with Crippen molar-refractivity contribution in [1.29, 1.82) is 0 Å². The van der Waals surface area contributed by atoms with Gasteiger partial charge in [-0.2, -0.15) is 0 Å². The summed E-state index contributed by atoms with van der Waals surface area (Å²) in [6, 6.07) is 8.10. The van der Waals surface area contributed by atoms with Crippen molar-refractivity contribution >= 4 is 17.5 Å². The number of rotatable bonds is 6. The Hall–Kier alpha value is -1.88. The summed E-state index contributed by atoms with van der Waals surface area (Å²) in [5.41, 5.74) is 2.16. The highest BCUT2D eigenvalue weighted by Crippen LogP contribution is 2.26. The summed E-state index contributed by atoms with van der Waals surface area (Å²) in [5.74, 6) is -0.284. The number of hydrogen-bond acceptors (Lipinski definition) is 3. The third-order valence-electron chi connectivity index (χ3n) is 4.81. The Labute approximate surface area is 143 Å². The van der Waals surface area contributed by atoms with E-state index in [9.17, 15) is 9.59 Å². The van der Waals surface area contributed by atoms with Gasteiger partial charge in [-0.3, -0.25) is 9.59 Å². The molecule has 0 radical (unpaired) electrons. The van der Waals surface area contributed by atoms with Crippen LogP contribution in [-0.2, 0) is 20.7 Å². The monoisotopic (exact) mass is 330 g/mol. The van der Waals surface area contributed by atoms with Crippen LogP contribution >= 0.6 is 0 Å². The minimum absolute atomic E-state index is 0.0236. The lowest BCUT2D eigenvalue weighted by Gasteiger charge is -2.17. The second-order valence-electron chi connectivity index (χ2n) is 6.70. The van der Waals surface area contributed by atoms with Crippen LogP contribution < -0.4 is 10.2 Å². The topological polar surface area (TPSA) is 58.6 Å². The molecule has 1 N–H and O–H groups in total. The molecule has 24 heavy (non-hydrogen) atoms. The Morgan fingerprint density at radius 3 is 2.79 bits per heavy atom. The maximum absolute atomic E-state index is 12.3. The van der Waals surface area contributed by atoms with Crippen molar-refractivity contribution in [1.82, 2.24) is 5.32 Å². The first-order valence-corrected chi connectivity index (χ1v) is 8.96. The highest BCUT2D eigenvalue weighted by Gasteiger charge is 2.35. The zero-order chi connectivity index (χ0) is 16.9. The zero-order valence-electron chi connectivity index (χ0n) is 14.3. The lowest BCUT2D eigenvalue weighted by atomic mass is 10.1. The van der Waals surface area contributed by atoms with Gasteiger partial charge in [0.1, 0.15) is 0 Å². The number of carbonyl (C=O) groups is 2. The summed E-state index contributed by atoms with van der Waals surface area (Å²) in [4.78, 5) is 26.3. The molecule has 5 heteroatoms. The fraction of sp³-hybridized carbons (Fsp3) is 0.579. The van der Waals surface area contributed by atoms with Gasteiger partial charge in [0, 0.05) is 31.8 Å². The Bertz CT molecular complexity index is 579. The molecular weight excluding hydrogens is 304 g/mol. The largest absolute Gasteiger partial charge is 0.376 e. The third kappa shape index (κ3) is 3.96. The highest BCUT2D eigenvalue weighted by molar-refractivity contribution is 6.00. The molecule has 2 aliphatic rings. The summed E-state index contributed by atoms with van der Waals surface area (Å²) in [6.45, 7) is 3.94. The standard InChI is InChI=1S/C19H26N2O3/c1-2-4-14-6-8-16(9-7-14)21-13-15(11-18(21)22)19(23)20-12-17-5-3-10-24-17/h6-9,15,17H,2-5,10-13H2,1H3,(H,20,23). The highest BCUT2D eigenvalue weighted by atomic mass is 16.5. The van der Waals surface area contributed by atoms with E-state index in [2.05, 4.69) is 24.4 Å². The van der Waals surface area contributed by atoms with Crippen molar-refractivity contribution in [3.8, 4) is 0 Å². The van der Waals surface area contributed by atoms with Gasteiger partial charge in [-0.25, -0.2) is 0 Å². The van der Waals surface area contributed by atoms with Crippen LogP contribution in [0.3, 0.4) is 0 Å². The number of benzene rings is 1. The Morgan fingerprint density at radius 2 is 2.12 bits per heavy atom. The Kier molecular flexibility index (Phi) is 5.51. The number of carbonyl (C=O) groups excluding carboxylic acids is 2. The zero-order valence-corrected chi connectivity index (χ0v) is 14.3. The number of amides is 2. The fourth-order valence-electron chi connectivity index (χ4n) is 3.43. The quantitative estimate of drug-likeness (QED) is 0.870. The summed E-state index contributed by atoms with van der Waals surface area (Å²) in [5, 5.41) is 2.94. The van der Waals surface area contributed by atoms with Gasteiger partial charge in [-0.1, -0.05) is 25.5 Å². The Balaban J connectivity index is 1.55. The summed E-state index contributed by atoms with van der Waals surface area (Å²) in [6.07, 6.45) is 4.63. The predicted molar refractivity (Wildman–Crippen MR) is 92.9 cm³/mol. The van der Waals surface area contributed by atoms with Crippen molar-refractivity contribution in [2.75, 3.05) is 24.6 Å². The molecule has 0 aliphatic carbocycles. The second kappa shape index (κ2) is 7.79. The van der Waals surface area contributed by atoms with Crippen LogP contribution in [0.4, 0.5) is 5.69 Å². The molecule has 3 rings (SSSR count). The average Bonchev–Trinajstić information content (AvgIpc) is 3.23. The van der Waals surface area contributed by atoms with E-state index >= 15 is 0 Å². The van der Waals surface area contributed by atoms with Crippen molar-refractivity contribution < 1.29 is 14.3 Å². The van der Waals surface area contributed by atoms with Gasteiger partial charge in [-0.15, -0.1) is 0 Å². The molecule has 2 heterocycles. The molecule has 2 fully saturated rings. The average molecular weight is 330 g/mol. The van der Waals surface area contributed by atoms with Gasteiger partial charge in [0.2, 0.25) is 11.8 Å². The lowest BCUT2D eigenvalue weighted by Crippen LogP contribution is -2.37. The molecule has 2 amide bonds. The van der Waals surface area contributed by atoms with Crippen molar-refractivity contribution in [3.63, 3.8) is 0 Å². The van der Waals surface area contributed by atoms with E-state index in [0.717, 1.165) is 38.0 Å². The lowest BCUT2D eigenvalue weighted by molar-refractivity contribution is -0.126. The van der Waals surface area contributed by atoms with Crippen LogP contribution in [-0.4, -0.2) is 37.6 Å². The van der Waals surface area contributed by atoms with Crippen LogP contribution in [0.25, 0.3) is 0 Å². The van der Waals surface area contributed by atoms with Gasteiger partial charge in [0.05, 0.1) is 12.0 Å². The molecule has 0 aromatic heterocycles. The molecule has 2 saturated heterocycles. The van der Waals surface area contributed by atoms with Gasteiger partial charge in [0.25, 0.3) is 0 Å². The van der Waals surface area contributed by atoms with E-state index in [-0.39, 0.29) is 30.3 Å². The molecule has 2 atom stereocenters. The van der Waals surface area contributed by atoms with Crippen LogP contribution in [0.2, 0.25) is 0 Å². The second-order valence-corrected chi connectivity index (χ2v) is 6.70. The van der Waals surface area contributed by atoms with Gasteiger partial charge >= 0.3 is 0 Å². The summed E-state index contributed by atoms with van der Waals surface area (Å²) >= 11 is 0. The molecule has 1 aromatic carbocycles. The van der Waals surface area contributed by atoms with E-state index in [1.54, 1.807) is 4.90 Å². The molecule has 2 aliphatic heterocycles. The van der Waals surface area contributed by atoms with Crippen LogP contribution in [0.15, 0.2) is 24.3 Å². The van der Waals surface area contributed by atoms with Gasteiger partial charge in [-0.05, 0) is 37.0 Å². The van der Waals surface area contributed by atoms with Crippen molar-refractivity contribution in [2.45, 2.75) is 45.1 Å².